The number of rotatable bonds is 0. The Labute approximate surface area is 61.8 Å². The van der Waals surface area contributed by atoms with Crippen molar-refractivity contribution in [3.8, 4) is 0 Å². The van der Waals surface area contributed by atoms with E-state index in [4.69, 9.17) is 0 Å². The first-order chi connectivity index (χ1) is 4.97. The van der Waals surface area contributed by atoms with E-state index < -0.39 is 0 Å². The molecule has 0 bridgehead atoms. The summed E-state index contributed by atoms with van der Waals surface area (Å²) in [5.74, 6) is 0. The number of allylic oxidation sites excluding steroid dienone is 1. The molecular formula is C9H12N. The first kappa shape index (κ1) is 6.17. The summed E-state index contributed by atoms with van der Waals surface area (Å²) in [5, 5.41) is 4.32. The van der Waals surface area contributed by atoms with Crippen molar-refractivity contribution in [3.05, 3.63) is 23.3 Å². The fourth-order valence-electron chi connectivity index (χ4n) is 1.62. The summed E-state index contributed by atoms with van der Waals surface area (Å²) in [6.07, 6.45) is 8.52. The van der Waals surface area contributed by atoms with Crippen molar-refractivity contribution in [3.63, 3.8) is 0 Å². The molecule has 0 N–H and O–H groups in total. The SMILES string of the molecule is C1=C2CCCC=C2C[N]C1. The summed E-state index contributed by atoms with van der Waals surface area (Å²) >= 11 is 0. The molecule has 0 spiro atoms. The van der Waals surface area contributed by atoms with E-state index in [0.29, 0.717) is 0 Å². The molecule has 10 heavy (non-hydrogen) atoms. The third kappa shape index (κ3) is 1.01. The molecule has 0 amide bonds. The maximum Gasteiger partial charge on any atom is 0.0387 e. The molecule has 0 unspecified atom stereocenters. The Bertz CT molecular complexity index is 167. The molecule has 1 nitrogen and oxygen atoms in total. The van der Waals surface area contributed by atoms with Gasteiger partial charge in [0.1, 0.15) is 0 Å². The van der Waals surface area contributed by atoms with Crippen molar-refractivity contribution in [2.75, 3.05) is 13.1 Å². The van der Waals surface area contributed by atoms with Crippen LogP contribution in [0, 0.1) is 0 Å². The van der Waals surface area contributed by atoms with Crippen LogP contribution in [0.2, 0.25) is 0 Å². The van der Waals surface area contributed by atoms with Crippen LogP contribution in [0.15, 0.2) is 23.3 Å². The van der Waals surface area contributed by atoms with E-state index in [1.807, 2.05) is 0 Å². The van der Waals surface area contributed by atoms with Gasteiger partial charge in [-0.2, -0.15) is 0 Å². The molecule has 0 atom stereocenters. The third-order valence-electron chi connectivity index (χ3n) is 2.20. The van der Waals surface area contributed by atoms with Crippen LogP contribution in [-0.4, -0.2) is 13.1 Å². The van der Waals surface area contributed by atoms with Crippen molar-refractivity contribution < 1.29 is 0 Å². The number of hydrogen-bond acceptors (Lipinski definition) is 0. The molecule has 0 fully saturated rings. The zero-order valence-electron chi connectivity index (χ0n) is 6.14. The summed E-state index contributed by atoms with van der Waals surface area (Å²) < 4.78 is 0. The quantitative estimate of drug-likeness (QED) is 0.478. The van der Waals surface area contributed by atoms with Crippen LogP contribution in [0.25, 0.3) is 0 Å². The molecule has 1 heteroatoms. The Morgan fingerprint density at radius 3 is 3.10 bits per heavy atom. The fraction of sp³-hybridized carbons (Fsp3) is 0.556. The highest BCUT2D eigenvalue weighted by atomic mass is 14.9. The van der Waals surface area contributed by atoms with E-state index in [0.717, 1.165) is 13.1 Å². The molecule has 2 aliphatic rings. The van der Waals surface area contributed by atoms with E-state index in [1.165, 1.54) is 24.8 Å². The maximum atomic E-state index is 4.32. The van der Waals surface area contributed by atoms with Crippen molar-refractivity contribution in [1.29, 1.82) is 0 Å². The van der Waals surface area contributed by atoms with Gasteiger partial charge >= 0.3 is 0 Å². The van der Waals surface area contributed by atoms with Gasteiger partial charge in [0.15, 0.2) is 0 Å². The highest BCUT2D eigenvalue weighted by Gasteiger charge is 2.12. The molecule has 1 aliphatic heterocycles. The van der Waals surface area contributed by atoms with Gasteiger partial charge < -0.3 is 0 Å². The predicted octanol–water partition coefficient (Wildman–Crippen LogP) is 1.64. The lowest BCUT2D eigenvalue weighted by Crippen LogP contribution is -2.18. The van der Waals surface area contributed by atoms with Crippen LogP contribution in [0.5, 0.6) is 0 Å². The van der Waals surface area contributed by atoms with Gasteiger partial charge in [0, 0.05) is 13.1 Å². The zero-order valence-corrected chi connectivity index (χ0v) is 6.14. The van der Waals surface area contributed by atoms with Gasteiger partial charge in [-0.05, 0) is 30.4 Å². The van der Waals surface area contributed by atoms with Crippen LogP contribution < -0.4 is 5.32 Å². The van der Waals surface area contributed by atoms with Gasteiger partial charge in [-0.25, -0.2) is 5.32 Å². The Balaban J connectivity index is 2.25. The topological polar surface area (TPSA) is 14.1 Å². The highest BCUT2D eigenvalue weighted by Crippen LogP contribution is 2.24. The number of nitrogens with zero attached hydrogens (tertiary/aromatic N) is 1. The largest absolute Gasteiger partial charge is 0.233 e. The van der Waals surface area contributed by atoms with Crippen molar-refractivity contribution >= 4 is 0 Å². The monoisotopic (exact) mass is 134 g/mol. The van der Waals surface area contributed by atoms with E-state index in [-0.39, 0.29) is 0 Å². The van der Waals surface area contributed by atoms with Gasteiger partial charge in [-0.1, -0.05) is 12.2 Å². The first-order valence-corrected chi connectivity index (χ1v) is 3.98. The second kappa shape index (κ2) is 2.59. The molecular weight excluding hydrogens is 122 g/mol. The lowest BCUT2D eigenvalue weighted by Gasteiger charge is -2.20. The lowest BCUT2D eigenvalue weighted by atomic mass is 9.91. The second-order valence-electron chi connectivity index (χ2n) is 2.92. The van der Waals surface area contributed by atoms with Gasteiger partial charge in [0.25, 0.3) is 0 Å². The summed E-state index contributed by atoms with van der Waals surface area (Å²) in [7, 11) is 0. The lowest BCUT2D eigenvalue weighted by molar-refractivity contribution is 0.706. The predicted molar refractivity (Wildman–Crippen MR) is 41.9 cm³/mol. The van der Waals surface area contributed by atoms with Gasteiger partial charge in [-0.15, -0.1) is 0 Å². The molecule has 0 aromatic rings. The Kier molecular flexibility index (Phi) is 1.60. The van der Waals surface area contributed by atoms with Crippen LogP contribution >= 0.6 is 0 Å². The summed E-state index contributed by atoms with van der Waals surface area (Å²) in [5.41, 5.74) is 3.07. The smallest absolute Gasteiger partial charge is 0.0387 e. The van der Waals surface area contributed by atoms with Crippen molar-refractivity contribution in [1.82, 2.24) is 5.32 Å². The van der Waals surface area contributed by atoms with E-state index in [1.54, 1.807) is 5.57 Å². The van der Waals surface area contributed by atoms with Crippen LogP contribution in [-0.2, 0) is 0 Å². The van der Waals surface area contributed by atoms with E-state index in [2.05, 4.69) is 17.5 Å². The van der Waals surface area contributed by atoms with Crippen molar-refractivity contribution in [2.24, 2.45) is 0 Å². The minimum Gasteiger partial charge on any atom is -0.233 e. The van der Waals surface area contributed by atoms with Crippen LogP contribution in [0.3, 0.4) is 0 Å². The summed E-state index contributed by atoms with van der Waals surface area (Å²) in [6.45, 7) is 1.93. The van der Waals surface area contributed by atoms with Gasteiger partial charge in [-0.3, -0.25) is 0 Å². The Hall–Kier alpha value is -0.560. The molecule has 2 rings (SSSR count). The minimum atomic E-state index is 0.951. The maximum absolute atomic E-state index is 4.32. The van der Waals surface area contributed by atoms with Crippen molar-refractivity contribution in [2.45, 2.75) is 19.3 Å². The second-order valence-corrected chi connectivity index (χ2v) is 2.92. The fourth-order valence-corrected chi connectivity index (χ4v) is 1.62. The molecule has 0 saturated heterocycles. The number of fused-ring (bicyclic) bond motifs is 1. The standard InChI is InChI=1S/C9H12N/c1-2-4-9-7-10-6-5-8(9)3-1/h4-5H,1-3,6-7H2. The van der Waals surface area contributed by atoms with Crippen LogP contribution in [0.4, 0.5) is 0 Å². The third-order valence-corrected chi connectivity index (χ3v) is 2.20. The molecule has 1 aliphatic carbocycles. The van der Waals surface area contributed by atoms with E-state index in [9.17, 15) is 0 Å². The number of hydrogen-bond donors (Lipinski definition) is 0. The normalized spacial score (nSPS) is 24.8. The molecule has 53 valence electrons. The Morgan fingerprint density at radius 1 is 1.20 bits per heavy atom. The molecule has 0 saturated carbocycles. The van der Waals surface area contributed by atoms with Crippen LogP contribution in [0.1, 0.15) is 19.3 Å². The summed E-state index contributed by atoms with van der Waals surface area (Å²) in [6, 6.07) is 0. The van der Waals surface area contributed by atoms with Gasteiger partial charge in [0.2, 0.25) is 0 Å². The molecule has 1 heterocycles. The molecule has 0 aromatic carbocycles. The zero-order chi connectivity index (χ0) is 6.81. The minimum absolute atomic E-state index is 0.951. The highest BCUT2D eigenvalue weighted by molar-refractivity contribution is 5.36. The van der Waals surface area contributed by atoms with Gasteiger partial charge in [0.05, 0.1) is 0 Å². The van der Waals surface area contributed by atoms with E-state index >= 15 is 0 Å². The Morgan fingerprint density at radius 2 is 2.20 bits per heavy atom. The summed E-state index contributed by atoms with van der Waals surface area (Å²) in [4.78, 5) is 0. The average Bonchev–Trinajstić information content (AvgIpc) is 2.05. The molecule has 1 radical (unpaired) electrons. The average molecular weight is 134 g/mol. The first-order valence-electron chi connectivity index (χ1n) is 3.98. The molecule has 0 aromatic heterocycles.